The highest BCUT2D eigenvalue weighted by atomic mass is 16.5. The van der Waals surface area contributed by atoms with Crippen molar-refractivity contribution in [2.75, 3.05) is 6.54 Å². The van der Waals surface area contributed by atoms with Crippen LogP contribution in [0.3, 0.4) is 0 Å². The lowest BCUT2D eigenvalue weighted by Gasteiger charge is -2.29. The molecule has 1 aliphatic carbocycles. The topological polar surface area (TPSA) is 52.3 Å². The average molecular weight is 253 g/mol. The average Bonchev–Trinajstić information content (AvgIpc) is 2.78. The quantitative estimate of drug-likeness (QED) is 0.841. The fourth-order valence-corrected chi connectivity index (χ4v) is 3.96. The molecule has 0 amide bonds. The second kappa shape index (κ2) is 4.61. The molecule has 0 radical (unpaired) electrons. The van der Waals surface area contributed by atoms with E-state index in [2.05, 4.69) is 27.7 Å². The summed E-state index contributed by atoms with van der Waals surface area (Å²) >= 11 is 0. The van der Waals surface area contributed by atoms with E-state index >= 15 is 0 Å². The molecular formula is C15H27NO2. The highest BCUT2D eigenvalue weighted by Crippen LogP contribution is 2.45. The molecule has 104 valence electrons. The predicted molar refractivity (Wildman–Crippen MR) is 72.2 cm³/mol. The minimum Gasteiger partial charge on any atom is -0.369 e. The third kappa shape index (κ3) is 2.48. The van der Waals surface area contributed by atoms with E-state index in [1.807, 2.05) is 0 Å². The Morgan fingerprint density at radius 1 is 1.28 bits per heavy atom. The molecule has 1 saturated heterocycles. The van der Waals surface area contributed by atoms with Crippen LogP contribution in [0.5, 0.6) is 0 Å². The monoisotopic (exact) mass is 253 g/mol. The summed E-state index contributed by atoms with van der Waals surface area (Å²) in [6.07, 6.45) is 4.13. The van der Waals surface area contributed by atoms with Crippen LogP contribution in [0.1, 0.15) is 53.4 Å². The zero-order valence-corrected chi connectivity index (χ0v) is 12.2. The Bertz CT molecular complexity index is 335. The molecule has 1 saturated carbocycles. The van der Waals surface area contributed by atoms with Crippen molar-refractivity contribution in [2.24, 2.45) is 23.5 Å². The first-order valence-corrected chi connectivity index (χ1v) is 7.21. The van der Waals surface area contributed by atoms with Crippen LogP contribution in [-0.4, -0.2) is 23.5 Å². The number of nitrogens with two attached hydrogens (primary N) is 1. The molecule has 1 heterocycles. The van der Waals surface area contributed by atoms with Gasteiger partial charge in [0.25, 0.3) is 0 Å². The summed E-state index contributed by atoms with van der Waals surface area (Å²) in [5, 5.41) is 0. The second-order valence-corrected chi connectivity index (χ2v) is 7.16. The van der Waals surface area contributed by atoms with Gasteiger partial charge < -0.3 is 10.5 Å². The minimum atomic E-state index is -0.331. The van der Waals surface area contributed by atoms with Crippen LogP contribution in [0, 0.1) is 17.8 Å². The maximum atomic E-state index is 12.8. The Labute approximate surface area is 110 Å². The van der Waals surface area contributed by atoms with Gasteiger partial charge in [0.05, 0.1) is 11.2 Å². The largest absolute Gasteiger partial charge is 0.369 e. The van der Waals surface area contributed by atoms with Gasteiger partial charge in [-0.2, -0.15) is 0 Å². The highest BCUT2D eigenvalue weighted by Gasteiger charge is 2.51. The van der Waals surface area contributed by atoms with E-state index in [0.29, 0.717) is 18.2 Å². The van der Waals surface area contributed by atoms with Crippen molar-refractivity contribution < 1.29 is 9.53 Å². The molecule has 3 heteroatoms. The number of ether oxygens (including phenoxy) is 1. The van der Waals surface area contributed by atoms with E-state index in [9.17, 15) is 4.79 Å². The van der Waals surface area contributed by atoms with E-state index < -0.39 is 0 Å². The maximum absolute atomic E-state index is 12.8. The van der Waals surface area contributed by atoms with Crippen LogP contribution in [0.4, 0.5) is 0 Å². The van der Waals surface area contributed by atoms with Crippen LogP contribution in [0.25, 0.3) is 0 Å². The molecule has 0 spiro atoms. The van der Waals surface area contributed by atoms with Crippen molar-refractivity contribution in [2.45, 2.75) is 64.6 Å². The first-order chi connectivity index (χ1) is 8.27. The molecule has 3 nitrogen and oxygen atoms in total. The van der Waals surface area contributed by atoms with Gasteiger partial charge >= 0.3 is 0 Å². The minimum absolute atomic E-state index is 0.0321. The molecule has 1 aliphatic heterocycles. The standard InChI is InChI=1S/C15H27NO2/c1-14(2)8-12(15(3,4)18-14)13(17)11-7-5-6-10(11)9-16/h10-12H,5-9,16H2,1-4H3. The zero-order chi connectivity index (χ0) is 13.6. The van der Waals surface area contributed by atoms with E-state index in [1.165, 1.54) is 0 Å². The first-order valence-electron chi connectivity index (χ1n) is 7.21. The fourth-order valence-electron chi connectivity index (χ4n) is 3.96. The molecule has 2 rings (SSSR count). The van der Waals surface area contributed by atoms with Crippen LogP contribution in [0.15, 0.2) is 0 Å². The van der Waals surface area contributed by atoms with Crippen molar-refractivity contribution in [1.82, 2.24) is 0 Å². The maximum Gasteiger partial charge on any atom is 0.142 e. The number of Topliss-reactive ketones (excluding diaryl/α,β-unsaturated/α-hetero) is 1. The van der Waals surface area contributed by atoms with Gasteiger partial charge in [0.15, 0.2) is 0 Å². The predicted octanol–water partition coefficient (Wildman–Crippen LogP) is 2.52. The third-order valence-corrected chi connectivity index (χ3v) is 4.74. The fraction of sp³-hybridized carbons (Fsp3) is 0.933. The SMILES string of the molecule is CC1(C)CC(C(=O)C2CCCC2CN)C(C)(C)O1. The molecule has 2 N–H and O–H groups in total. The number of carbonyl (C=O) groups excluding carboxylic acids is 1. The van der Waals surface area contributed by atoms with Crippen molar-refractivity contribution in [3.63, 3.8) is 0 Å². The number of rotatable bonds is 3. The molecule has 3 atom stereocenters. The van der Waals surface area contributed by atoms with E-state index in [-0.39, 0.29) is 23.0 Å². The first kappa shape index (κ1) is 14.0. The molecule has 0 aromatic rings. The van der Waals surface area contributed by atoms with Gasteiger partial charge in [-0.25, -0.2) is 0 Å². The van der Waals surface area contributed by atoms with Gasteiger partial charge in [0.1, 0.15) is 5.78 Å². The van der Waals surface area contributed by atoms with E-state index in [1.54, 1.807) is 0 Å². The summed E-state index contributed by atoms with van der Waals surface area (Å²) in [6, 6.07) is 0. The van der Waals surface area contributed by atoms with Gasteiger partial charge in [-0.05, 0) is 59.4 Å². The smallest absolute Gasteiger partial charge is 0.142 e. The Morgan fingerprint density at radius 3 is 2.44 bits per heavy atom. The van der Waals surface area contributed by atoms with Crippen LogP contribution < -0.4 is 5.73 Å². The summed E-state index contributed by atoms with van der Waals surface area (Å²) in [6.45, 7) is 8.91. The van der Waals surface area contributed by atoms with Gasteiger partial charge in [0.2, 0.25) is 0 Å². The van der Waals surface area contributed by atoms with Crippen LogP contribution in [0.2, 0.25) is 0 Å². The molecule has 2 aliphatic rings. The molecule has 2 fully saturated rings. The normalized spacial score (nSPS) is 37.9. The molecule has 18 heavy (non-hydrogen) atoms. The number of ketones is 1. The molecule has 0 aromatic heterocycles. The Kier molecular flexibility index (Phi) is 3.58. The van der Waals surface area contributed by atoms with Crippen molar-refractivity contribution >= 4 is 5.78 Å². The lowest BCUT2D eigenvalue weighted by Crippen LogP contribution is -2.38. The highest BCUT2D eigenvalue weighted by molar-refractivity contribution is 5.85. The summed E-state index contributed by atoms with van der Waals surface area (Å²) in [5.41, 5.74) is 5.29. The summed E-state index contributed by atoms with van der Waals surface area (Å²) in [5.74, 6) is 1.01. The second-order valence-electron chi connectivity index (χ2n) is 7.16. The van der Waals surface area contributed by atoms with E-state index in [4.69, 9.17) is 10.5 Å². The molecule has 3 unspecified atom stereocenters. The third-order valence-electron chi connectivity index (χ3n) is 4.74. The van der Waals surface area contributed by atoms with Gasteiger partial charge in [0, 0.05) is 11.8 Å². The summed E-state index contributed by atoms with van der Waals surface area (Å²) in [4.78, 5) is 12.8. The van der Waals surface area contributed by atoms with Crippen molar-refractivity contribution in [3.05, 3.63) is 0 Å². The lowest BCUT2D eigenvalue weighted by atomic mass is 9.76. The Balaban J connectivity index is 2.14. The van der Waals surface area contributed by atoms with Crippen LogP contribution >= 0.6 is 0 Å². The Morgan fingerprint density at radius 2 is 1.94 bits per heavy atom. The number of hydrogen-bond donors (Lipinski definition) is 1. The van der Waals surface area contributed by atoms with Gasteiger partial charge in [-0.15, -0.1) is 0 Å². The van der Waals surface area contributed by atoms with E-state index in [0.717, 1.165) is 25.7 Å². The van der Waals surface area contributed by atoms with Crippen molar-refractivity contribution in [1.29, 1.82) is 0 Å². The number of hydrogen-bond acceptors (Lipinski definition) is 3. The molecular weight excluding hydrogens is 226 g/mol. The van der Waals surface area contributed by atoms with Gasteiger partial charge in [-0.3, -0.25) is 4.79 Å². The molecule has 0 aromatic carbocycles. The molecule has 0 bridgehead atoms. The van der Waals surface area contributed by atoms with Crippen LogP contribution in [-0.2, 0) is 9.53 Å². The lowest BCUT2D eigenvalue weighted by molar-refractivity contribution is -0.134. The Hall–Kier alpha value is -0.410. The summed E-state index contributed by atoms with van der Waals surface area (Å²) in [7, 11) is 0. The van der Waals surface area contributed by atoms with Crippen molar-refractivity contribution in [3.8, 4) is 0 Å². The number of carbonyl (C=O) groups is 1. The summed E-state index contributed by atoms with van der Waals surface area (Å²) < 4.78 is 6.05. The van der Waals surface area contributed by atoms with Gasteiger partial charge in [-0.1, -0.05) is 6.42 Å². The zero-order valence-electron chi connectivity index (χ0n) is 12.2.